The third-order valence-electron chi connectivity index (χ3n) is 3.50. The second kappa shape index (κ2) is 7.08. The van der Waals surface area contributed by atoms with Crippen molar-refractivity contribution < 1.29 is 14.3 Å². The van der Waals surface area contributed by atoms with Crippen molar-refractivity contribution >= 4 is 11.9 Å². The van der Waals surface area contributed by atoms with Gasteiger partial charge in [0.05, 0.1) is 19.4 Å². The molecule has 0 radical (unpaired) electrons. The number of rotatable bonds is 5. The summed E-state index contributed by atoms with van der Waals surface area (Å²) in [7, 11) is 3.07. The monoisotopic (exact) mass is 277 g/mol. The molecule has 1 atom stereocenters. The predicted molar refractivity (Wildman–Crippen MR) is 78.4 cm³/mol. The number of methoxy groups -OCH3 is 1. The zero-order valence-corrected chi connectivity index (χ0v) is 12.9. The summed E-state index contributed by atoms with van der Waals surface area (Å²) >= 11 is 0. The van der Waals surface area contributed by atoms with Crippen LogP contribution in [0.4, 0.5) is 0 Å². The molecule has 1 amide bonds. The van der Waals surface area contributed by atoms with Crippen molar-refractivity contribution in [2.75, 3.05) is 20.7 Å². The molecule has 4 heteroatoms. The van der Waals surface area contributed by atoms with Gasteiger partial charge in [-0.2, -0.15) is 0 Å². The lowest BCUT2D eigenvalue weighted by atomic mass is 10.0. The van der Waals surface area contributed by atoms with E-state index in [0.29, 0.717) is 13.0 Å². The van der Waals surface area contributed by atoms with E-state index in [1.807, 2.05) is 32.0 Å². The standard InChI is InChI=1S/C16H23NO3/c1-11-6-7-14(8-12(11)2)9-15(18)17(4)10-13(3)16(19)20-5/h6-8,13H,9-10H2,1-5H3. The van der Waals surface area contributed by atoms with Crippen LogP contribution >= 0.6 is 0 Å². The summed E-state index contributed by atoms with van der Waals surface area (Å²) in [6, 6.07) is 6.03. The molecule has 0 aliphatic rings. The summed E-state index contributed by atoms with van der Waals surface area (Å²) in [5.41, 5.74) is 3.39. The zero-order chi connectivity index (χ0) is 15.3. The molecule has 0 heterocycles. The van der Waals surface area contributed by atoms with E-state index in [0.717, 1.165) is 5.56 Å². The lowest BCUT2D eigenvalue weighted by Gasteiger charge is -2.20. The van der Waals surface area contributed by atoms with E-state index in [4.69, 9.17) is 0 Å². The predicted octanol–water partition coefficient (Wildman–Crippen LogP) is 2.11. The molecule has 110 valence electrons. The second-order valence-electron chi connectivity index (χ2n) is 5.29. The minimum atomic E-state index is -0.311. The van der Waals surface area contributed by atoms with Gasteiger partial charge in [-0.1, -0.05) is 25.1 Å². The van der Waals surface area contributed by atoms with Crippen molar-refractivity contribution in [1.82, 2.24) is 4.90 Å². The third kappa shape index (κ3) is 4.37. The molecule has 0 N–H and O–H groups in total. The van der Waals surface area contributed by atoms with Crippen molar-refractivity contribution in [1.29, 1.82) is 0 Å². The molecule has 0 saturated carbocycles. The first kappa shape index (κ1) is 16.2. The van der Waals surface area contributed by atoms with Crippen LogP contribution < -0.4 is 0 Å². The largest absolute Gasteiger partial charge is 0.469 e. The molecule has 0 fully saturated rings. The Hall–Kier alpha value is -1.84. The molecular formula is C16H23NO3. The van der Waals surface area contributed by atoms with Crippen LogP contribution in [0.1, 0.15) is 23.6 Å². The van der Waals surface area contributed by atoms with Crippen molar-refractivity contribution in [2.24, 2.45) is 5.92 Å². The van der Waals surface area contributed by atoms with E-state index in [1.54, 1.807) is 18.9 Å². The van der Waals surface area contributed by atoms with Crippen LogP contribution in [0.3, 0.4) is 0 Å². The van der Waals surface area contributed by atoms with E-state index in [2.05, 4.69) is 4.74 Å². The quantitative estimate of drug-likeness (QED) is 0.774. The smallest absolute Gasteiger partial charge is 0.310 e. The van der Waals surface area contributed by atoms with E-state index in [9.17, 15) is 9.59 Å². The van der Waals surface area contributed by atoms with Crippen LogP contribution in [0.5, 0.6) is 0 Å². The molecule has 4 nitrogen and oxygen atoms in total. The molecule has 1 rings (SSSR count). The zero-order valence-electron chi connectivity index (χ0n) is 12.9. The highest BCUT2D eigenvalue weighted by molar-refractivity contribution is 5.79. The fourth-order valence-corrected chi connectivity index (χ4v) is 2.01. The Bertz CT molecular complexity index is 496. The number of carbonyl (C=O) groups is 2. The second-order valence-corrected chi connectivity index (χ2v) is 5.29. The van der Waals surface area contributed by atoms with E-state index < -0.39 is 0 Å². The minimum Gasteiger partial charge on any atom is -0.469 e. The molecule has 0 saturated heterocycles. The van der Waals surface area contributed by atoms with Gasteiger partial charge < -0.3 is 9.64 Å². The number of ether oxygens (including phenoxy) is 1. The summed E-state index contributed by atoms with van der Waals surface area (Å²) in [6.07, 6.45) is 0.353. The Morgan fingerprint density at radius 2 is 1.90 bits per heavy atom. The molecule has 0 aliphatic carbocycles. The van der Waals surface area contributed by atoms with Gasteiger partial charge in [0.25, 0.3) is 0 Å². The highest BCUT2D eigenvalue weighted by Crippen LogP contribution is 2.11. The SMILES string of the molecule is COC(=O)C(C)CN(C)C(=O)Cc1ccc(C)c(C)c1. The number of esters is 1. The van der Waals surface area contributed by atoms with Crippen LogP contribution in [0.2, 0.25) is 0 Å². The lowest BCUT2D eigenvalue weighted by Crippen LogP contribution is -2.35. The molecular weight excluding hydrogens is 254 g/mol. The lowest BCUT2D eigenvalue weighted by molar-refractivity contribution is -0.146. The molecule has 1 aromatic carbocycles. The van der Waals surface area contributed by atoms with Crippen molar-refractivity contribution in [3.63, 3.8) is 0 Å². The van der Waals surface area contributed by atoms with Gasteiger partial charge in [0.1, 0.15) is 0 Å². The highest BCUT2D eigenvalue weighted by atomic mass is 16.5. The maximum absolute atomic E-state index is 12.1. The Morgan fingerprint density at radius 3 is 2.45 bits per heavy atom. The van der Waals surface area contributed by atoms with Gasteiger partial charge >= 0.3 is 5.97 Å². The first-order valence-corrected chi connectivity index (χ1v) is 6.73. The average Bonchev–Trinajstić information content (AvgIpc) is 2.41. The fourth-order valence-electron chi connectivity index (χ4n) is 2.01. The van der Waals surface area contributed by atoms with Crippen molar-refractivity contribution in [2.45, 2.75) is 27.2 Å². The normalized spacial score (nSPS) is 11.8. The van der Waals surface area contributed by atoms with Crippen LogP contribution in [-0.4, -0.2) is 37.5 Å². The summed E-state index contributed by atoms with van der Waals surface area (Å²) in [5.74, 6) is -0.603. The van der Waals surface area contributed by atoms with Crippen LogP contribution in [-0.2, 0) is 20.7 Å². The first-order chi connectivity index (χ1) is 9.35. The van der Waals surface area contributed by atoms with Gasteiger partial charge in [-0.15, -0.1) is 0 Å². The van der Waals surface area contributed by atoms with Crippen LogP contribution in [0.15, 0.2) is 18.2 Å². The average molecular weight is 277 g/mol. The van der Waals surface area contributed by atoms with Gasteiger partial charge in [0.2, 0.25) is 5.91 Å². The third-order valence-corrected chi connectivity index (χ3v) is 3.50. The number of hydrogen-bond acceptors (Lipinski definition) is 3. The molecule has 1 unspecified atom stereocenters. The Morgan fingerprint density at radius 1 is 1.25 bits per heavy atom. The number of likely N-dealkylation sites (N-methyl/N-ethyl adjacent to an activating group) is 1. The minimum absolute atomic E-state index is 0.00371. The molecule has 1 aromatic rings. The molecule has 20 heavy (non-hydrogen) atoms. The van der Waals surface area contributed by atoms with Crippen LogP contribution in [0.25, 0.3) is 0 Å². The number of amides is 1. The molecule has 0 aromatic heterocycles. The van der Waals surface area contributed by atoms with E-state index >= 15 is 0 Å². The van der Waals surface area contributed by atoms with E-state index in [-0.39, 0.29) is 17.8 Å². The Labute approximate surface area is 120 Å². The fraction of sp³-hybridized carbons (Fsp3) is 0.500. The highest BCUT2D eigenvalue weighted by Gasteiger charge is 2.18. The Balaban J connectivity index is 2.61. The summed E-state index contributed by atoms with van der Waals surface area (Å²) in [6.45, 7) is 6.21. The van der Waals surface area contributed by atoms with Gasteiger partial charge in [-0.25, -0.2) is 0 Å². The molecule has 0 bridgehead atoms. The number of carbonyl (C=O) groups excluding carboxylic acids is 2. The molecule has 0 aliphatic heterocycles. The summed E-state index contributed by atoms with van der Waals surface area (Å²) in [4.78, 5) is 25.1. The number of hydrogen-bond donors (Lipinski definition) is 0. The Kier molecular flexibility index (Phi) is 5.74. The van der Waals surface area contributed by atoms with Gasteiger partial charge in [0, 0.05) is 13.6 Å². The maximum atomic E-state index is 12.1. The summed E-state index contributed by atoms with van der Waals surface area (Å²) in [5, 5.41) is 0. The van der Waals surface area contributed by atoms with Crippen molar-refractivity contribution in [3.8, 4) is 0 Å². The van der Waals surface area contributed by atoms with Crippen molar-refractivity contribution in [3.05, 3.63) is 34.9 Å². The van der Waals surface area contributed by atoms with Gasteiger partial charge in [-0.05, 0) is 30.5 Å². The van der Waals surface area contributed by atoms with E-state index in [1.165, 1.54) is 18.2 Å². The summed E-state index contributed by atoms with van der Waals surface area (Å²) < 4.78 is 4.66. The van der Waals surface area contributed by atoms with Crippen LogP contribution in [0, 0.1) is 19.8 Å². The maximum Gasteiger partial charge on any atom is 0.310 e. The van der Waals surface area contributed by atoms with Gasteiger partial charge in [-0.3, -0.25) is 9.59 Å². The first-order valence-electron chi connectivity index (χ1n) is 6.73. The molecule has 0 spiro atoms. The topological polar surface area (TPSA) is 46.6 Å². The number of benzene rings is 1. The number of nitrogens with zero attached hydrogens (tertiary/aromatic N) is 1. The number of aryl methyl sites for hydroxylation is 2. The van der Waals surface area contributed by atoms with Gasteiger partial charge in [0.15, 0.2) is 0 Å².